The number of aromatic carboxylic acids is 1. The quantitative estimate of drug-likeness (QED) is 0.593. The molecule has 0 amide bonds. The van der Waals surface area contributed by atoms with Crippen LogP contribution < -0.4 is 10.1 Å². The summed E-state index contributed by atoms with van der Waals surface area (Å²) in [6.45, 7) is 0.194. The molecule has 0 saturated heterocycles. The molecule has 0 aliphatic carbocycles. The molecule has 0 heterocycles. The largest absolute Gasteiger partial charge is 0.504 e. The van der Waals surface area contributed by atoms with Crippen molar-refractivity contribution in [2.24, 2.45) is 0 Å². The number of phenolic OH excluding ortho intramolecular Hbond substituents is 1. The van der Waals surface area contributed by atoms with Crippen LogP contribution in [0.5, 0.6) is 11.5 Å². The summed E-state index contributed by atoms with van der Waals surface area (Å²) in [5.41, 5.74) is 0.0703. The predicted molar refractivity (Wildman–Crippen MR) is 60.5 cm³/mol. The van der Waals surface area contributed by atoms with Gasteiger partial charge in [0, 0.05) is 12.1 Å². The zero-order chi connectivity index (χ0) is 13.0. The van der Waals surface area contributed by atoms with Crippen molar-refractivity contribution in [1.29, 1.82) is 0 Å². The normalized spacial score (nSPS) is 12.2. The monoisotopic (exact) mass is 241 g/mol. The molecule has 1 aromatic carbocycles. The van der Waals surface area contributed by atoms with Crippen LogP contribution in [0.25, 0.3) is 0 Å². The maximum Gasteiger partial charge on any atom is 0.335 e. The van der Waals surface area contributed by atoms with Crippen LogP contribution in [0.2, 0.25) is 0 Å². The molecule has 1 unspecified atom stereocenters. The number of methoxy groups -OCH3 is 1. The Balaban J connectivity index is 3.27. The number of carboxylic acids is 1. The summed E-state index contributed by atoms with van der Waals surface area (Å²) in [6, 6.07) is 2.43. The molecule has 1 rings (SSSR count). The number of rotatable bonds is 5. The average Bonchev–Trinajstić information content (AvgIpc) is 2.29. The summed E-state index contributed by atoms with van der Waals surface area (Å²) < 4.78 is 4.86. The highest BCUT2D eigenvalue weighted by atomic mass is 16.5. The predicted octanol–water partition coefficient (Wildman–Crippen LogP) is 0.352. The first-order chi connectivity index (χ1) is 8.01. The first kappa shape index (κ1) is 13.3. The number of benzene rings is 1. The van der Waals surface area contributed by atoms with E-state index in [2.05, 4.69) is 5.32 Å². The van der Waals surface area contributed by atoms with Gasteiger partial charge in [0.2, 0.25) is 0 Å². The lowest BCUT2D eigenvalue weighted by molar-refractivity contribution is 0.0696. The summed E-state index contributed by atoms with van der Waals surface area (Å²) in [5, 5.41) is 31.2. The van der Waals surface area contributed by atoms with Gasteiger partial charge in [0.15, 0.2) is 11.5 Å². The number of hydrogen-bond acceptors (Lipinski definition) is 5. The van der Waals surface area contributed by atoms with Crippen molar-refractivity contribution in [2.75, 3.05) is 20.7 Å². The van der Waals surface area contributed by atoms with Gasteiger partial charge in [-0.2, -0.15) is 0 Å². The molecular formula is C11H15NO5. The Morgan fingerprint density at radius 3 is 2.65 bits per heavy atom. The van der Waals surface area contributed by atoms with Crippen molar-refractivity contribution in [3.8, 4) is 11.5 Å². The van der Waals surface area contributed by atoms with Gasteiger partial charge in [-0.05, 0) is 19.2 Å². The zero-order valence-corrected chi connectivity index (χ0v) is 9.60. The molecule has 4 N–H and O–H groups in total. The van der Waals surface area contributed by atoms with Crippen LogP contribution in [-0.4, -0.2) is 42.0 Å². The molecule has 1 atom stereocenters. The molecule has 6 nitrogen and oxygen atoms in total. The van der Waals surface area contributed by atoms with Crippen LogP contribution in [0.15, 0.2) is 12.1 Å². The fraction of sp³-hybridized carbons (Fsp3) is 0.364. The third kappa shape index (κ3) is 2.86. The summed E-state index contributed by atoms with van der Waals surface area (Å²) in [5.74, 6) is -1.38. The van der Waals surface area contributed by atoms with Gasteiger partial charge >= 0.3 is 5.97 Å². The topological polar surface area (TPSA) is 99.0 Å². The third-order valence-electron chi connectivity index (χ3n) is 2.33. The van der Waals surface area contributed by atoms with E-state index < -0.39 is 12.1 Å². The zero-order valence-electron chi connectivity index (χ0n) is 9.60. The fourth-order valence-electron chi connectivity index (χ4n) is 1.47. The summed E-state index contributed by atoms with van der Waals surface area (Å²) in [6.07, 6.45) is -1.01. The maximum absolute atomic E-state index is 10.9. The number of aromatic hydroxyl groups is 1. The summed E-state index contributed by atoms with van der Waals surface area (Å²) in [7, 11) is 2.95. The van der Waals surface area contributed by atoms with Crippen molar-refractivity contribution in [3.05, 3.63) is 23.3 Å². The lowest BCUT2D eigenvalue weighted by Gasteiger charge is -2.15. The second kappa shape index (κ2) is 5.51. The molecular weight excluding hydrogens is 226 g/mol. The van der Waals surface area contributed by atoms with Crippen molar-refractivity contribution in [3.63, 3.8) is 0 Å². The van der Waals surface area contributed by atoms with Crippen LogP contribution in [0, 0.1) is 0 Å². The lowest BCUT2D eigenvalue weighted by atomic mass is 10.0. The molecule has 0 spiro atoms. The number of ether oxygens (including phenoxy) is 1. The Labute approximate surface area is 98.5 Å². The minimum absolute atomic E-state index is 0.0232. The molecule has 0 aliphatic rings. The van der Waals surface area contributed by atoms with E-state index in [1.807, 2.05) is 0 Å². The number of likely N-dealkylation sites (N-methyl/N-ethyl adjacent to an activating group) is 1. The molecule has 0 aromatic heterocycles. The van der Waals surface area contributed by atoms with Crippen molar-refractivity contribution >= 4 is 5.97 Å². The van der Waals surface area contributed by atoms with E-state index >= 15 is 0 Å². The number of carbonyl (C=O) groups is 1. The highest BCUT2D eigenvalue weighted by molar-refractivity contribution is 5.89. The van der Waals surface area contributed by atoms with E-state index in [1.165, 1.54) is 19.2 Å². The van der Waals surface area contributed by atoms with E-state index in [0.717, 1.165) is 0 Å². The Hall–Kier alpha value is -1.79. The molecule has 0 fully saturated rings. The van der Waals surface area contributed by atoms with Crippen LogP contribution >= 0.6 is 0 Å². The highest BCUT2D eigenvalue weighted by Gasteiger charge is 2.19. The standard InChI is InChI=1S/C11H15NO5/c1-12-5-8(13)7-3-6(11(15)16)4-9(17-2)10(7)14/h3-4,8,12-14H,5H2,1-2H3,(H,15,16). The summed E-state index contributed by atoms with van der Waals surface area (Å²) >= 11 is 0. The SMILES string of the molecule is CNCC(O)c1cc(C(=O)O)cc(OC)c1O. The molecule has 0 radical (unpaired) electrons. The molecule has 6 heteroatoms. The van der Waals surface area contributed by atoms with Gasteiger partial charge in [-0.3, -0.25) is 0 Å². The van der Waals surface area contributed by atoms with E-state index in [-0.39, 0.29) is 29.2 Å². The van der Waals surface area contributed by atoms with Gasteiger partial charge in [-0.25, -0.2) is 4.79 Å². The lowest BCUT2D eigenvalue weighted by Crippen LogP contribution is -2.17. The number of carboxylic acid groups (broad SMARTS) is 1. The Kier molecular flexibility index (Phi) is 4.30. The smallest absolute Gasteiger partial charge is 0.335 e. The summed E-state index contributed by atoms with van der Waals surface area (Å²) in [4.78, 5) is 10.9. The van der Waals surface area contributed by atoms with Crippen molar-refractivity contribution < 1.29 is 24.9 Å². The number of hydrogen-bond donors (Lipinski definition) is 4. The van der Waals surface area contributed by atoms with Gasteiger partial charge in [0.1, 0.15) is 0 Å². The van der Waals surface area contributed by atoms with E-state index in [1.54, 1.807) is 7.05 Å². The minimum Gasteiger partial charge on any atom is -0.504 e. The second-order valence-electron chi connectivity index (χ2n) is 3.49. The molecule has 1 aromatic rings. The first-order valence-corrected chi connectivity index (χ1v) is 4.98. The van der Waals surface area contributed by atoms with Gasteiger partial charge in [-0.1, -0.05) is 0 Å². The number of aliphatic hydroxyl groups is 1. The first-order valence-electron chi connectivity index (χ1n) is 4.98. The molecule has 17 heavy (non-hydrogen) atoms. The molecule has 0 bridgehead atoms. The Morgan fingerprint density at radius 2 is 2.18 bits per heavy atom. The fourth-order valence-corrected chi connectivity index (χ4v) is 1.47. The average molecular weight is 241 g/mol. The van der Waals surface area contributed by atoms with Crippen LogP contribution in [0.1, 0.15) is 22.0 Å². The molecule has 94 valence electrons. The Bertz CT molecular complexity index is 419. The second-order valence-corrected chi connectivity index (χ2v) is 3.49. The van der Waals surface area contributed by atoms with Crippen LogP contribution in [-0.2, 0) is 0 Å². The van der Waals surface area contributed by atoms with Gasteiger partial charge in [0.05, 0.1) is 18.8 Å². The van der Waals surface area contributed by atoms with Crippen molar-refractivity contribution in [2.45, 2.75) is 6.10 Å². The number of phenols is 1. The maximum atomic E-state index is 10.9. The number of aliphatic hydroxyl groups excluding tert-OH is 1. The van der Waals surface area contributed by atoms with Gasteiger partial charge in [0.25, 0.3) is 0 Å². The van der Waals surface area contributed by atoms with Crippen LogP contribution in [0.3, 0.4) is 0 Å². The minimum atomic E-state index is -1.15. The van der Waals surface area contributed by atoms with Gasteiger partial charge < -0.3 is 25.4 Å². The van der Waals surface area contributed by atoms with Crippen LogP contribution in [0.4, 0.5) is 0 Å². The third-order valence-corrected chi connectivity index (χ3v) is 2.33. The molecule has 0 saturated carbocycles. The number of nitrogens with one attached hydrogen (secondary N) is 1. The highest BCUT2D eigenvalue weighted by Crippen LogP contribution is 2.35. The van der Waals surface area contributed by atoms with Crippen molar-refractivity contribution in [1.82, 2.24) is 5.32 Å². The van der Waals surface area contributed by atoms with E-state index in [0.29, 0.717) is 0 Å². The van der Waals surface area contributed by atoms with E-state index in [4.69, 9.17) is 9.84 Å². The molecule has 0 aliphatic heterocycles. The van der Waals surface area contributed by atoms with Gasteiger partial charge in [-0.15, -0.1) is 0 Å². The Morgan fingerprint density at radius 1 is 1.53 bits per heavy atom. The van der Waals surface area contributed by atoms with E-state index in [9.17, 15) is 15.0 Å².